The fraction of sp³-hybridized carbons (Fsp3) is 0.154. The Bertz CT molecular complexity index is 441. The predicted molar refractivity (Wildman–Crippen MR) is 66.5 cm³/mol. The van der Waals surface area contributed by atoms with Crippen LogP contribution in [-0.4, -0.2) is 16.3 Å². The van der Waals surface area contributed by atoms with Crippen molar-refractivity contribution in [3.05, 3.63) is 59.8 Å². The average molecular weight is 231 g/mol. The molecule has 0 radical (unpaired) electrons. The third-order valence-corrected chi connectivity index (χ3v) is 3.06. The molecule has 1 aromatic carbocycles. The van der Waals surface area contributed by atoms with Gasteiger partial charge in [0.25, 0.3) is 0 Å². The topological polar surface area (TPSA) is 33.1 Å². The van der Waals surface area contributed by atoms with E-state index < -0.39 is 6.10 Å². The van der Waals surface area contributed by atoms with E-state index in [0.717, 1.165) is 16.2 Å². The molecule has 0 aliphatic carbocycles. The first kappa shape index (κ1) is 11.2. The van der Waals surface area contributed by atoms with Crippen molar-refractivity contribution in [2.24, 2.45) is 0 Å². The summed E-state index contributed by atoms with van der Waals surface area (Å²) in [5.74, 6) is 0. The van der Waals surface area contributed by atoms with Crippen molar-refractivity contribution in [2.45, 2.75) is 11.1 Å². The van der Waals surface area contributed by atoms with Crippen LogP contribution in [0.1, 0.15) is 17.2 Å². The maximum absolute atomic E-state index is 10.1. The fourth-order valence-electron chi connectivity index (χ4n) is 1.50. The van der Waals surface area contributed by atoms with Crippen LogP contribution in [0.15, 0.2) is 53.7 Å². The molecule has 0 aliphatic heterocycles. The number of pyridine rings is 1. The van der Waals surface area contributed by atoms with Gasteiger partial charge in [-0.2, -0.15) is 0 Å². The summed E-state index contributed by atoms with van der Waals surface area (Å²) >= 11 is 1.59. The van der Waals surface area contributed by atoms with Crippen molar-refractivity contribution in [1.82, 2.24) is 4.98 Å². The zero-order valence-corrected chi connectivity index (χ0v) is 9.82. The van der Waals surface area contributed by atoms with E-state index in [9.17, 15) is 5.11 Å². The zero-order valence-electron chi connectivity index (χ0n) is 9.00. The number of nitrogens with zero attached hydrogens (tertiary/aromatic N) is 1. The van der Waals surface area contributed by atoms with Crippen LogP contribution in [0.25, 0.3) is 0 Å². The molecule has 1 N–H and O–H groups in total. The number of aliphatic hydroxyl groups is 1. The number of aliphatic hydroxyl groups excluding tert-OH is 1. The highest BCUT2D eigenvalue weighted by atomic mass is 32.2. The molecule has 2 rings (SSSR count). The maximum Gasteiger partial charge on any atom is 0.106 e. The first-order valence-corrected chi connectivity index (χ1v) is 6.26. The number of rotatable bonds is 3. The molecular weight excluding hydrogens is 218 g/mol. The van der Waals surface area contributed by atoms with Gasteiger partial charge >= 0.3 is 0 Å². The van der Waals surface area contributed by atoms with Gasteiger partial charge in [0, 0.05) is 11.8 Å². The van der Waals surface area contributed by atoms with Crippen molar-refractivity contribution < 1.29 is 5.11 Å². The lowest BCUT2D eigenvalue weighted by Crippen LogP contribution is -1.99. The molecule has 1 atom stereocenters. The SMILES string of the molecule is CSc1ccc([C@H](O)c2ccccc2)cn1. The van der Waals surface area contributed by atoms with Crippen molar-refractivity contribution in [1.29, 1.82) is 0 Å². The van der Waals surface area contributed by atoms with Crippen LogP contribution in [0.3, 0.4) is 0 Å². The van der Waals surface area contributed by atoms with Crippen molar-refractivity contribution in [3.63, 3.8) is 0 Å². The van der Waals surface area contributed by atoms with E-state index in [-0.39, 0.29) is 0 Å². The van der Waals surface area contributed by atoms with Crippen molar-refractivity contribution in [2.75, 3.05) is 6.26 Å². The van der Waals surface area contributed by atoms with Crippen LogP contribution in [0.4, 0.5) is 0 Å². The van der Waals surface area contributed by atoms with Gasteiger partial charge in [0.05, 0.1) is 5.03 Å². The fourth-order valence-corrected chi connectivity index (χ4v) is 1.86. The van der Waals surface area contributed by atoms with Crippen LogP contribution < -0.4 is 0 Å². The lowest BCUT2D eigenvalue weighted by atomic mass is 10.0. The van der Waals surface area contributed by atoms with Gasteiger partial charge in [-0.1, -0.05) is 36.4 Å². The molecule has 3 heteroatoms. The van der Waals surface area contributed by atoms with Crippen LogP contribution in [0.2, 0.25) is 0 Å². The molecule has 2 nitrogen and oxygen atoms in total. The van der Waals surface area contributed by atoms with E-state index in [0.29, 0.717) is 0 Å². The summed E-state index contributed by atoms with van der Waals surface area (Å²) in [5.41, 5.74) is 1.71. The molecule has 0 spiro atoms. The highest BCUT2D eigenvalue weighted by Gasteiger charge is 2.09. The zero-order chi connectivity index (χ0) is 11.4. The first-order chi connectivity index (χ1) is 7.81. The predicted octanol–water partition coefficient (Wildman–Crippen LogP) is 2.89. The van der Waals surface area contributed by atoms with Gasteiger partial charge < -0.3 is 5.11 Å². The number of hydrogen-bond acceptors (Lipinski definition) is 3. The number of benzene rings is 1. The minimum Gasteiger partial charge on any atom is -0.384 e. The second-order valence-electron chi connectivity index (χ2n) is 3.45. The summed E-state index contributed by atoms with van der Waals surface area (Å²) in [6.07, 6.45) is 3.11. The molecule has 0 saturated carbocycles. The van der Waals surface area contributed by atoms with Crippen molar-refractivity contribution in [3.8, 4) is 0 Å². The molecule has 82 valence electrons. The number of thioether (sulfide) groups is 1. The molecule has 0 unspecified atom stereocenters. The Morgan fingerprint density at radius 2 is 1.81 bits per heavy atom. The molecular formula is C13H13NOS. The number of hydrogen-bond donors (Lipinski definition) is 1. The van der Waals surface area contributed by atoms with E-state index in [2.05, 4.69) is 4.98 Å². The monoisotopic (exact) mass is 231 g/mol. The second-order valence-corrected chi connectivity index (χ2v) is 4.27. The summed E-state index contributed by atoms with van der Waals surface area (Å²) < 4.78 is 0. The van der Waals surface area contributed by atoms with Gasteiger partial charge in [-0.25, -0.2) is 4.98 Å². The molecule has 0 fully saturated rings. The molecule has 0 saturated heterocycles. The standard InChI is InChI=1S/C13H13NOS/c1-16-12-8-7-11(9-14-12)13(15)10-5-3-2-4-6-10/h2-9,13,15H,1H3/t13-/m1/s1. The van der Waals surface area contributed by atoms with Crippen LogP contribution in [-0.2, 0) is 0 Å². The second kappa shape index (κ2) is 5.14. The van der Waals surface area contributed by atoms with E-state index in [1.807, 2.05) is 48.7 Å². The summed E-state index contributed by atoms with van der Waals surface area (Å²) in [6.45, 7) is 0. The third kappa shape index (κ3) is 2.43. The Morgan fingerprint density at radius 1 is 1.06 bits per heavy atom. The number of aromatic nitrogens is 1. The van der Waals surface area contributed by atoms with Gasteiger partial charge in [-0.05, 0) is 17.9 Å². The molecule has 0 amide bonds. The molecule has 0 bridgehead atoms. The third-order valence-electron chi connectivity index (χ3n) is 2.40. The molecule has 2 aromatic rings. The summed E-state index contributed by atoms with van der Waals surface area (Å²) in [7, 11) is 0. The van der Waals surface area contributed by atoms with Gasteiger partial charge in [0.1, 0.15) is 6.10 Å². The Balaban J connectivity index is 2.24. The maximum atomic E-state index is 10.1. The minimum atomic E-state index is -0.593. The van der Waals surface area contributed by atoms with E-state index in [1.54, 1.807) is 18.0 Å². The molecule has 1 heterocycles. The Hall–Kier alpha value is -1.32. The van der Waals surface area contributed by atoms with Crippen molar-refractivity contribution >= 4 is 11.8 Å². The average Bonchev–Trinajstić information content (AvgIpc) is 2.39. The Morgan fingerprint density at radius 3 is 2.38 bits per heavy atom. The van der Waals surface area contributed by atoms with Crippen LogP contribution >= 0.6 is 11.8 Å². The Labute approximate surface area is 99.4 Å². The van der Waals surface area contributed by atoms with E-state index >= 15 is 0 Å². The normalized spacial score (nSPS) is 12.4. The molecule has 1 aromatic heterocycles. The van der Waals surface area contributed by atoms with Gasteiger partial charge in [0.15, 0.2) is 0 Å². The lowest BCUT2D eigenvalue weighted by Gasteiger charge is -2.10. The highest BCUT2D eigenvalue weighted by molar-refractivity contribution is 7.98. The Kier molecular flexibility index (Phi) is 3.59. The van der Waals surface area contributed by atoms with Crippen LogP contribution in [0, 0.1) is 0 Å². The largest absolute Gasteiger partial charge is 0.384 e. The van der Waals surface area contributed by atoms with Crippen LogP contribution in [0.5, 0.6) is 0 Å². The highest BCUT2D eigenvalue weighted by Crippen LogP contribution is 2.22. The summed E-state index contributed by atoms with van der Waals surface area (Å²) in [5, 5.41) is 11.1. The molecule has 0 aliphatic rings. The first-order valence-electron chi connectivity index (χ1n) is 5.04. The van der Waals surface area contributed by atoms with Gasteiger partial charge in [0.2, 0.25) is 0 Å². The summed E-state index contributed by atoms with van der Waals surface area (Å²) in [6, 6.07) is 13.4. The summed E-state index contributed by atoms with van der Waals surface area (Å²) in [4.78, 5) is 4.25. The van der Waals surface area contributed by atoms with Gasteiger partial charge in [-0.15, -0.1) is 11.8 Å². The van der Waals surface area contributed by atoms with Gasteiger partial charge in [-0.3, -0.25) is 0 Å². The smallest absolute Gasteiger partial charge is 0.106 e. The lowest BCUT2D eigenvalue weighted by molar-refractivity contribution is 0.219. The minimum absolute atomic E-state index is 0.593. The van der Waals surface area contributed by atoms with E-state index in [4.69, 9.17) is 0 Å². The quantitative estimate of drug-likeness (QED) is 0.824. The van der Waals surface area contributed by atoms with E-state index in [1.165, 1.54) is 0 Å². The molecule has 16 heavy (non-hydrogen) atoms.